The molecule has 125 valence electrons. The molecule has 0 fully saturated rings. The second-order valence-electron chi connectivity index (χ2n) is 4.70. The van der Waals surface area contributed by atoms with E-state index in [0.29, 0.717) is 0 Å². The minimum Gasteiger partial charge on any atom is -0.480 e. The molecule has 11 heteroatoms. The average molecular weight is 325 g/mol. The number of aromatic nitrogens is 2. The van der Waals surface area contributed by atoms with E-state index in [1.807, 2.05) is 0 Å². The Kier molecular flexibility index (Phi) is 7.22. The van der Waals surface area contributed by atoms with Crippen molar-refractivity contribution in [2.24, 2.45) is 5.73 Å². The maximum absolute atomic E-state index is 12.2. The van der Waals surface area contributed by atoms with Crippen molar-refractivity contribution in [3.8, 4) is 0 Å². The predicted octanol–water partition coefficient (Wildman–Crippen LogP) is -2.27. The molecule has 1 aromatic rings. The summed E-state index contributed by atoms with van der Waals surface area (Å²) in [7, 11) is 1.37. The van der Waals surface area contributed by atoms with Gasteiger partial charge < -0.3 is 20.4 Å². The van der Waals surface area contributed by atoms with Crippen LogP contribution < -0.4 is 17.0 Å². The van der Waals surface area contributed by atoms with Crippen LogP contribution in [0.4, 0.5) is 0 Å². The predicted molar refractivity (Wildman–Crippen MR) is 81.0 cm³/mol. The molecule has 0 saturated heterocycles. The normalized spacial score (nSPS) is 10.3. The number of carboxylic acid groups (broad SMARTS) is 1. The van der Waals surface area contributed by atoms with Gasteiger partial charge in [0.2, 0.25) is 5.91 Å². The monoisotopic (exact) mass is 325 g/mol. The Morgan fingerprint density at radius 3 is 2.78 bits per heavy atom. The Balaban J connectivity index is 2.80. The van der Waals surface area contributed by atoms with Crippen LogP contribution in [0.1, 0.15) is 5.56 Å². The number of H-pyrrole nitrogens is 1. The molecule has 1 aromatic heterocycles. The third-order valence-electron chi connectivity index (χ3n) is 2.90. The van der Waals surface area contributed by atoms with Crippen molar-refractivity contribution in [2.75, 3.05) is 19.8 Å². The largest absolute Gasteiger partial charge is 0.480 e. The molecule has 0 bridgehead atoms. The third-order valence-corrected chi connectivity index (χ3v) is 2.90. The van der Waals surface area contributed by atoms with Crippen LogP contribution in [-0.2, 0) is 20.8 Å². The van der Waals surface area contributed by atoms with Crippen molar-refractivity contribution in [3.05, 3.63) is 32.6 Å². The number of aromatic amines is 1. The maximum atomic E-state index is 12.2. The highest BCUT2D eigenvalue weighted by Gasteiger charge is 2.18. The van der Waals surface area contributed by atoms with Crippen LogP contribution in [0.3, 0.4) is 0 Å². The first-order valence-corrected chi connectivity index (χ1v) is 6.78. The fourth-order valence-electron chi connectivity index (χ4n) is 1.80. The molecule has 0 aliphatic heterocycles. The summed E-state index contributed by atoms with van der Waals surface area (Å²) >= 11 is 0. The van der Waals surface area contributed by atoms with E-state index < -0.39 is 29.7 Å². The summed E-state index contributed by atoms with van der Waals surface area (Å²) in [5.74, 6) is -1.75. The van der Waals surface area contributed by atoms with Crippen molar-refractivity contribution in [1.29, 1.82) is 0 Å². The van der Waals surface area contributed by atoms with E-state index in [4.69, 9.17) is 15.5 Å². The van der Waals surface area contributed by atoms with Crippen molar-refractivity contribution in [1.82, 2.24) is 14.5 Å². The molecule has 1 rings (SSSR count). The molecule has 0 aliphatic carbocycles. The lowest BCUT2D eigenvalue weighted by Gasteiger charge is -2.21. The number of hydrogen-bond acceptors (Lipinski definition) is 6. The summed E-state index contributed by atoms with van der Waals surface area (Å²) in [4.78, 5) is 49.1. The fourth-order valence-corrected chi connectivity index (χ4v) is 1.80. The molecule has 0 spiro atoms. The molecular weight excluding hydrogens is 307 g/mol. The number of aryl methyl sites for hydroxylation is 1. The highest BCUT2D eigenvalue weighted by molar-refractivity contribution is 6.27. The van der Waals surface area contributed by atoms with Gasteiger partial charge in [-0.15, -0.1) is 0 Å². The Hall–Kier alpha value is -2.40. The van der Waals surface area contributed by atoms with Gasteiger partial charge in [-0.25, -0.2) is 4.79 Å². The number of nitrogens with one attached hydrogen (secondary N) is 1. The highest BCUT2D eigenvalue weighted by Crippen LogP contribution is 1.97. The summed E-state index contributed by atoms with van der Waals surface area (Å²) < 4.78 is 5.83. The van der Waals surface area contributed by atoms with E-state index in [1.54, 1.807) is 0 Å². The molecular formula is C12H18BN4O6. The van der Waals surface area contributed by atoms with E-state index in [1.165, 1.54) is 20.6 Å². The lowest BCUT2D eigenvalue weighted by atomic mass is 9.95. The van der Waals surface area contributed by atoms with E-state index in [-0.39, 0.29) is 31.7 Å². The first-order valence-electron chi connectivity index (χ1n) is 6.78. The molecule has 0 unspecified atom stereocenters. The minimum absolute atomic E-state index is 0.0150. The maximum Gasteiger partial charge on any atom is 0.328 e. The van der Waals surface area contributed by atoms with Gasteiger partial charge in [0, 0.05) is 18.3 Å². The van der Waals surface area contributed by atoms with Gasteiger partial charge in [0.15, 0.2) is 0 Å². The number of nitrogens with two attached hydrogens (primary N) is 1. The van der Waals surface area contributed by atoms with E-state index in [2.05, 4.69) is 4.98 Å². The average Bonchev–Trinajstić information content (AvgIpc) is 2.47. The Morgan fingerprint density at radius 2 is 2.17 bits per heavy atom. The SMILES string of the molecule is Cc1cn(CC(=O)N(CC[B]OCN)CC(=O)O)c(=O)[nH]c1=O. The number of carboxylic acids is 1. The smallest absolute Gasteiger partial charge is 0.328 e. The fraction of sp³-hybridized carbons (Fsp3) is 0.500. The second-order valence-corrected chi connectivity index (χ2v) is 4.70. The van der Waals surface area contributed by atoms with Gasteiger partial charge in [0.25, 0.3) is 13.0 Å². The summed E-state index contributed by atoms with van der Waals surface area (Å²) in [6.07, 6.45) is 1.54. The summed E-state index contributed by atoms with van der Waals surface area (Å²) in [5, 5.41) is 8.87. The van der Waals surface area contributed by atoms with Crippen LogP contribution >= 0.6 is 0 Å². The van der Waals surface area contributed by atoms with Crippen LogP contribution in [0.15, 0.2) is 15.8 Å². The van der Waals surface area contributed by atoms with Gasteiger partial charge >= 0.3 is 11.7 Å². The molecule has 0 aliphatic rings. The zero-order valence-electron chi connectivity index (χ0n) is 12.7. The first kappa shape index (κ1) is 18.7. The quantitative estimate of drug-likeness (QED) is 0.263. The van der Waals surface area contributed by atoms with Crippen molar-refractivity contribution in [2.45, 2.75) is 19.8 Å². The molecule has 1 heterocycles. The molecule has 1 radical (unpaired) electrons. The Labute approximate surface area is 132 Å². The van der Waals surface area contributed by atoms with E-state index in [9.17, 15) is 19.2 Å². The number of aliphatic carboxylic acids is 1. The zero-order valence-corrected chi connectivity index (χ0v) is 12.7. The van der Waals surface area contributed by atoms with Crippen molar-refractivity contribution in [3.63, 3.8) is 0 Å². The first-order chi connectivity index (χ1) is 10.8. The molecule has 0 atom stereocenters. The molecule has 10 nitrogen and oxygen atoms in total. The number of carbonyl (C=O) groups is 2. The van der Waals surface area contributed by atoms with Crippen LogP contribution in [0, 0.1) is 6.92 Å². The van der Waals surface area contributed by atoms with Gasteiger partial charge in [-0.05, 0) is 13.2 Å². The van der Waals surface area contributed by atoms with Gasteiger partial charge in [-0.3, -0.25) is 23.9 Å². The molecule has 4 N–H and O–H groups in total. The van der Waals surface area contributed by atoms with Gasteiger partial charge in [-0.1, -0.05) is 0 Å². The highest BCUT2D eigenvalue weighted by atomic mass is 16.4. The van der Waals surface area contributed by atoms with Gasteiger partial charge in [0.05, 0.1) is 6.73 Å². The van der Waals surface area contributed by atoms with Crippen molar-refractivity contribution >= 4 is 19.4 Å². The van der Waals surface area contributed by atoms with Crippen LogP contribution in [-0.4, -0.2) is 58.7 Å². The van der Waals surface area contributed by atoms with E-state index >= 15 is 0 Å². The molecule has 1 amide bonds. The molecule has 0 saturated carbocycles. The summed E-state index contributed by atoms with van der Waals surface area (Å²) in [6, 6.07) is 0. The molecule has 0 aromatic carbocycles. The Bertz CT molecular complexity index is 670. The van der Waals surface area contributed by atoms with Gasteiger partial charge in [-0.2, -0.15) is 0 Å². The van der Waals surface area contributed by atoms with Crippen LogP contribution in [0.25, 0.3) is 0 Å². The zero-order chi connectivity index (χ0) is 17.4. The topological polar surface area (TPSA) is 148 Å². The number of rotatable bonds is 9. The summed E-state index contributed by atoms with van der Waals surface area (Å²) in [6.45, 7) is 0.697. The van der Waals surface area contributed by atoms with Crippen LogP contribution in [0.2, 0.25) is 6.32 Å². The number of amides is 1. The standard InChI is InChI=1S/C12H18BN4O6/c1-8-4-17(12(22)15-11(8)21)5-9(18)16(6-10(19)20)3-2-13-23-7-14/h4H,2-3,5-7,14H2,1H3,(H,19,20)(H,15,21,22). The number of nitrogens with zero attached hydrogens (tertiary/aromatic N) is 2. The summed E-state index contributed by atoms with van der Waals surface area (Å²) in [5.41, 5.74) is 4.14. The number of carbonyl (C=O) groups excluding carboxylic acids is 1. The molecule has 23 heavy (non-hydrogen) atoms. The second kappa shape index (κ2) is 8.91. The van der Waals surface area contributed by atoms with E-state index in [0.717, 1.165) is 9.47 Å². The lowest BCUT2D eigenvalue weighted by Crippen LogP contribution is -2.41. The third kappa shape index (κ3) is 6.08. The van der Waals surface area contributed by atoms with Crippen LogP contribution in [0.5, 0.6) is 0 Å². The minimum atomic E-state index is -1.18. The lowest BCUT2D eigenvalue weighted by molar-refractivity contribution is -0.144. The Morgan fingerprint density at radius 1 is 1.48 bits per heavy atom. The van der Waals surface area contributed by atoms with Gasteiger partial charge in [0.1, 0.15) is 13.1 Å². The van der Waals surface area contributed by atoms with Crippen molar-refractivity contribution < 1.29 is 19.3 Å². The number of hydrogen-bond donors (Lipinski definition) is 3.